The van der Waals surface area contributed by atoms with Crippen LogP contribution in [0.1, 0.15) is 26.7 Å². The Balaban J connectivity index is 2.80. The molecule has 0 radical (unpaired) electrons. The lowest BCUT2D eigenvalue weighted by atomic mass is 9.73. The Hall–Kier alpha value is 0.790. The van der Waals surface area contributed by atoms with Gasteiger partial charge < -0.3 is 10.2 Å². The van der Waals surface area contributed by atoms with Crippen molar-refractivity contribution in [3.05, 3.63) is 0 Å². The Labute approximate surface area is 106 Å². The third-order valence-corrected chi connectivity index (χ3v) is 4.82. The number of halogens is 3. The molecular formula is C10H17Cl3O2. The fourth-order valence-electron chi connectivity index (χ4n) is 1.94. The molecule has 0 saturated heterocycles. The number of hydrogen-bond donors (Lipinski definition) is 2. The monoisotopic (exact) mass is 274 g/mol. The molecule has 2 N–H and O–H groups in total. The van der Waals surface area contributed by atoms with E-state index in [1.807, 2.05) is 0 Å². The van der Waals surface area contributed by atoms with Gasteiger partial charge in [0.15, 0.2) is 0 Å². The van der Waals surface area contributed by atoms with Crippen LogP contribution in [0.25, 0.3) is 0 Å². The summed E-state index contributed by atoms with van der Waals surface area (Å²) in [5.41, 5.74) is -2.06. The molecule has 0 spiro atoms. The molecule has 15 heavy (non-hydrogen) atoms. The molecule has 1 fully saturated rings. The van der Waals surface area contributed by atoms with Crippen LogP contribution in [0.2, 0.25) is 0 Å². The summed E-state index contributed by atoms with van der Waals surface area (Å²) in [4.78, 5) is 0. The zero-order chi connectivity index (χ0) is 11.9. The van der Waals surface area contributed by atoms with Crippen molar-refractivity contribution in [1.29, 1.82) is 0 Å². The van der Waals surface area contributed by atoms with Crippen LogP contribution in [-0.4, -0.2) is 38.0 Å². The molecule has 0 amide bonds. The van der Waals surface area contributed by atoms with E-state index in [1.54, 1.807) is 13.8 Å². The van der Waals surface area contributed by atoms with Gasteiger partial charge in [-0.3, -0.25) is 0 Å². The first-order valence-electron chi connectivity index (χ1n) is 5.00. The van der Waals surface area contributed by atoms with Crippen LogP contribution >= 0.6 is 34.8 Å². The first kappa shape index (κ1) is 13.9. The molecule has 0 aromatic heterocycles. The summed E-state index contributed by atoms with van der Waals surface area (Å²) < 4.78 is 0. The summed E-state index contributed by atoms with van der Waals surface area (Å²) in [6, 6.07) is 0. The second-order valence-corrected chi connectivity index (χ2v) is 6.20. The minimum absolute atomic E-state index is 0.00834. The maximum Gasteiger partial charge on any atom is 0.111 e. The van der Waals surface area contributed by atoms with Crippen LogP contribution in [0.3, 0.4) is 0 Å². The van der Waals surface area contributed by atoms with E-state index in [0.717, 1.165) is 0 Å². The van der Waals surface area contributed by atoms with Crippen molar-refractivity contribution in [3.8, 4) is 0 Å². The van der Waals surface area contributed by atoms with E-state index in [9.17, 15) is 10.2 Å². The third-order valence-electron chi connectivity index (χ3n) is 3.28. The Kier molecular flexibility index (Phi) is 4.23. The highest BCUT2D eigenvalue weighted by atomic mass is 35.5. The van der Waals surface area contributed by atoms with Crippen molar-refractivity contribution in [2.45, 2.75) is 48.6 Å². The molecule has 2 atom stereocenters. The summed E-state index contributed by atoms with van der Waals surface area (Å²) in [7, 11) is 0. The van der Waals surface area contributed by atoms with Crippen molar-refractivity contribution >= 4 is 34.8 Å². The van der Waals surface area contributed by atoms with Crippen LogP contribution in [0.5, 0.6) is 0 Å². The number of rotatable bonds is 2. The Morgan fingerprint density at radius 3 is 1.93 bits per heavy atom. The van der Waals surface area contributed by atoms with Crippen LogP contribution in [0.4, 0.5) is 0 Å². The van der Waals surface area contributed by atoms with Gasteiger partial charge in [-0.2, -0.15) is 0 Å². The van der Waals surface area contributed by atoms with E-state index < -0.39 is 22.0 Å². The largest absolute Gasteiger partial charge is 0.390 e. The van der Waals surface area contributed by atoms with Crippen LogP contribution in [-0.2, 0) is 0 Å². The molecule has 90 valence electrons. The average molecular weight is 276 g/mol. The molecule has 1 rings (SSSR count). The molecule has 1 aliphatic rings. The van der Waals surface area contributed by atoms with E-state index in [-0.39, 0.29) is 11.8 Å². The van der Waals surface area contributed by atoms with Gasteiger partial charge >= 0.3 is 0 Å². The summed E-state index contributed by atoms with van der Waals surface area (Å²) >= 11 is 17.9. The Bertz CT molecular complexity index is 215. The summed E-state index contributed by atoms with van der Waals surface area (Å²) in [5, 5.41) is 19.0. The normalized spacial score (nSPS) is 43.0. The van der Waals surface area contributed by atoms with Crippen molar-refractivity contribution in [1.82, 2.24) is 0 Å². The standard InChI is InChI=1S/C10H17Cl3O2/c1-9(2,14)6-3-7(12)10(15,5-11)8(13)4-6/h6-8,14-15H,3-5H2,1-2H3. The molecule has 2 unspecified atom stereocenters. The first-order valence-corrected chi connectivity index (χ1v) is 6.41. The molecule has 0 aromatic carbocycles. The molecule has 0 bridgehead atoms. The Morgan fingerprint density at radius 2 is 1.67 bits per heavy atom. The summed E-state index contributed by atoms with van der Waals surface area (Å²) in [6.07, 6.45) is 1.05. The molecule has 2 nitrogen and oxygen atoms in total. The van der Waals surface area contributed by atoms with Crippen LogP contribution in [0.15, 0.2) is 0 Å². The molecule has 5 heteroatoms. The van der Waals surface area contributed by atoms with Gasteiger partial charge in [-0.25, -0.2) is 0 Å². The maximum absolute atomic E-state index is 10.1. The summed E-state index contributed by atoms with van der Waals surface area (Å²) in [5.74, 6) is 0.0134. The highest BCUT2D eigenvalue weighted by Gasteiger charge is 2.50. The molecule has 0 aliphatic heterocycles. The van der Waals surface area contributed by atoms with E-state index >= 15 is 0 Å². The van der Waals surface area contributed by atoms with Gasteiger partial charge in [-0.15, -0.1) is 34.8 Å². The lowest BCUT2D eigenvalue weighted by Crippen LogP contribution is -2.56. The first-order chi connectivity index (χ1) is 6.71. The minimum Gasteiger partial charge on any atom is -0.390 e. The van der Waals surface area contributed by atoms with E-state index in [0.29, 0.717) is 12.8 Å². The predicted molar refractivity (Wildman–Crippen MR) is 64.0 cm³/mol. The van der Waals surface area contributed by atoms with Crippen molar-refractivity contribution in [3.63, 3.8) is 0 Å². The molecule has 0 heterocycles. The second kappa shape index (κ2) is 4.58. The molecule has 1 saturated carbocycles. The highest BCUT2D eigenvalue weighted by molar-refractivity contribution is 6.27. The second-order valence-electron chi connectivity index (χ2n) is 4.88. The van der Waals surface area contributed by atoms with Gasteiger partial charge in [0.1, 0.15) is 5.60 Å². The lowest BCUT2D eigenvalue weighted by molar-refractivity contribution is -0.0439. The van der Waals surface area contributed by atoms with Crippen molar-refractivity contribution < 1.29 is 10.2 Å². The third kappa shape index (κ3) is 2.73. The van der Waals surface area contributed by atoms with Gasteiger partial charge in [-0.1, -0.05) is 0 Å². The minimum atomic E-state index is -1.23. The van der Waals surface area contributed by atoms with Gasteiger partial charge in [0.25, 0.3) is 0 Å². The average Bonchev–Trinajstić information content (AvgIpc) is 2.11. The zero-order valence-corrected chi connectivity index (χ0v) is 11.1. The van der Waals surface area contributed by atoms with Crippen molar-refractivity contribution in [2.75, 3.05) is 5.88 Å². The van der Waals surface area contributed by atoms with E-state index in [2.05, 4.69) is 0 Å². The smallest absolute Gasteiger partial charge is 0.111 e. The van der Waals surface area contributed by atoms with Crippen LogP contribution < -0.4 is 0 Å². The van der Waals surface area contributed by atoms with Gasteiger partial charge in [0.2, 0.25) is 0 Å². The fourth-order valence-corrected chi connectivity index (χ4v) is 3.43. The zero-order valence-electron chi connectivity index (χ0n) is 8.88. The Morgan fingerprint density at radius 1 is 1.27 bits per heavy atom. The molecular weight excluding hydrogens is 258 g/mol. The number of alkyl halides is 3. The van der Waals surface area contributed by atoms with Gasteiger partial charge in [0, 0.05) is 0 Å². The lowest BCUT2D eigenvalue weighted by Gasteiger charge is -2.45. The SMILES string of the molecule is CC(C)(O)C1CC(Cl)C(O)(CCl)C(Cl)C1. The topological polar surface area (TPSA) is 40.5 Å². The predicted octanol–water partition coefficient (Wildman–Crippen LogP) is 2.35. The van der Waals surface area contributed by atoms with Gasteiger partial charge in [0.05, 0.1) is 22.2 Å². The number of hydrogen-bond acceptors (Lipinski definition) is 2. The molecule has 1 aliphatic carbocycles. The van der Waals surface area contributed by atoms with Gasteiger partial charge in [-0.05, 0) is 32.6 Å². The maximum atomic E-state index is 10.1. The van der Waals surface area contributed by atoms with E-state index in [4.69, 9.17) is 34.8 Å². The quantitative estimate of drug-likeness (QED) is 0.760. The molecule has 0 aromatic rings. The number of aliphatic hydroxyl groups is 2. The fraction of sp³-hybridized carbons (Fsp3) is 1.00. The highest BCUT2D eigenvalue weighted by Crippen LogP contribution is 2.43. The van der Waals surface area contributed by atoms with E-state index in [1.165, 1.54) is 0 Å². The van der Waals surface area contributed by atoms with Crippen LogP contribution in [0, 0.1) is 5.92 Å². The van der Waals surface area contributed by atoms with Crippen molar-refractivity contribution in [2.24, 2.45) is 5.92 Å². The summed E-state index contributed by atoms with van der Waals surface area (Å²) in [6.45, 7) is 3.46.